The Morgan fingerprint density at radius 3 is 2.08 bits per heavy atom. The molecule has 0 aromatic carbocycles. The quantitative estimate of drug-likeness (QED) is 0.672. The summed E-state index contributed by atoms with van der Waals surface area (Å²) < 4.78 is 29.9. The van der Waals surface area contributed by atoms with E-state index in [4.69, 9.17) is 0 Å². The molecular weight excluding hydrogens is 178 g/mol. The Hall–Kier alpha value is -0.510. The molecule has 0 saturated carbocycles. The fraction of sp³-hybridized carbons (Fsp3) is 0.889. The third-order valence-electron chi connectivity index (χ3n) is 1.41. The molecule has 0 atom stereocenters. The van der Waals surface area contributed by atoms with Gasteiger partial charge in [0.25, 0.3) is 0 Å². The Balaban J connectivity index is 4.14. The standard InChI is InChI=1S/C9H16F2O2/c1-6(2)5-13-9(10,11)8(12)7(3)4/h6-7H,5H2,1-4H3. The van der Waals surface area contributed by atoms with E-state index < -0.39 is 17.8 Å². The second-order valence-electron chi connectivity index (χ2n) is 3.74. The number of carbonyl (C=O) groups excluding carboxylic acids is 1. The number of alkyl halides is 2. The van der Waals surface area contributed by atoms with Crippen LogP contribution in [0, 0.1) is 11.8 Å². The second kappa shape index (κ2) is 4.65. The van der Waals surface area contributed by atoms with E-state index in [0.29, 0.717) is 0 Å². The number of halogens is 2. The second-order valence-corrected chi connectivity index (χ2v) is 3.74. The van der Waals surface area contributed by atoms with E-state index in [1.165, 1.54) is 13.8 Å². The van der Waals surface area contributed by atoms with Crippen molar-refractivity contribution in [3.63, 3.8) is 0 Å². The first kappa shape index (κ1) is 12.5. The molecule has 2 nitrogen and oxygen atoms in total. The average molecular weight is 194 g/mol. The van der Waals surface area contributed by atoms with E-state index in [1.807, 2.05) is 0 Å². The van der Waals surface area contributed by atoms with Crippen molar-refractivity contribution in [2.75, 3.05) is 6.61 Å². The summed E-state index contributed by atoms with van der Waals surface area (Å²) in [6.45, 7) is 6.24. The Morgan fingerprint density at radius 2 is 1.77 bits per heavy atom. The van der Waals surface area contributed by atoms with E-state index in [0.717, 1.165) is 0 Å². The molecule has 0 aromatic heterocycles. The fourth-order valence-corrected chi connectivity index (χ4v) is 0.679. The van der Waals surface area contributed by atoms with Crippen molar-refractivity contribution in [2.24, 2.45) is 11.8 Å². The maximum absolute atomic E-state index is 12.9. The van der Waals surface area contributed by atoms with Gasteiger partial charge in [-0.1, -0.05) is 27.7 Å². The third-order valence-corrected chi connectivity index (χ3v) is 1.41. The van der Waals surface area contributed by atoms with Crippen LogP contribution in [0.1, 0.15) is 27.7 Å². The number of ketones is 1. The van der Waals surface area contributed by atoms with Crippen LogP contribution in [0.3, 0.4) is 0 Å². The van der Waals surface area contributed by atoms with Gasteiger partial charge in [0.2, 0.25) is 5.78 Å². The van der Waals surface area contributed by atoms with Gasteiger partial charge in [-0.05, 0) is 5.92 Å². The molecule has 0 N–H and O–H groups in total. The molecule has 0 rings (SSSR count). The zero-order valence-electron chi connectivity index (χ0n) is 8.43. The maximum atomic E-state index is 12.9. The number of ether oxygens (including phenoxy) is 1. The average Bonchev–Trinajstić information content (AvgIpc) is 1.99. The number of Topliss-reactive ketones (excluding diaryl/α,β-unsaturated/α-hetero) is 1. The van der Waals surface area contributed by atoms with Crippen LogP contribution in [-0.2, 0) is 9.53 Å². The monoisotopic (exact) mass is 194 g/mol. The van der Waals surface area contributed by atoms with Crippen molar-refractivity contribution in [3.05, 3.63) is 0 Å². The summed E-state index contributed by atoms with van der Waals surface area (Å²) in [6, 6.07) is 0. The number of carbonyl (C=O) groups is 1. The van der Waals surface area contributed by atoms with E-state index in [9.17, 15) is 13.6 Å². The first-order valence-electron chi connectivity index (χ1n) is 4.33. The van der Waals surface area contributed by atoms with Crippen molar-refractivity contribution in [2.45, 2.75) is 33.8 Å². The van der Waals surface area contributed by atoms with Gasteiger partial charge < -0.3 is 4.74 Å². The molecule has 0 aliphatic heterocycles. The molecule has 0 bridgehead atoms. The van der Waals surface area contributed by atoms with Crippen molar-refractivity contribution >= 4 is 5.78 Å². The normalized spacial score (nSPS) is 12.6. The molecule has 0 spiro atoms. The van der Waals surface area contributed by atoms with E-state index in [1.54, 1.807) is 13.8 Å². The highest BCUT2D eigenvalue weighted by Crippen LogP contribution is 2.21. The smallest absolute Gasteiger partial charge is 0.314 e. The van der Waals surface area contributed by atoms with Crippen molar-refractivity contribution < 1.29 is 18.3 Å². The van der Waals surface area contributed by atoms with Gasteiger partial charge in [0.15, 0.2) is 0 Å². The zero-order chi connectivity index (χ0) is 10.6. The van der Waals surface area contributed by atoms with E-state index in [2.05, 4.69) is 4.74 Å². The van der Waals surface area contributed by atoms with Crippen LogP contribution in [0.25, 0.3) is 0 Å². The van der Waals surface area contributed by atoms with Crippen LogP contribution in [0.15, 0.2) is 0 Å². The molecule has 0 aliphatic carbocycles. The highest BCUT2D eigenvalue weighted by molar-refractivity contribution is 5.85. The van der Waals surface area contributed by atoms with E-state index >= 15 is 0 Å². The highest BCUT2D eigenvalue weighted by atomic mass is 19.3. The molecule has 0 heterocycles. The lowest BCUT2D eigenvalue weighted by molar-refractivity contribution is -0.234. The molecule has 0 fully saturated rings. The lowest BCUT2D eigenvalue weighted by Crippen LogP contribution is -2.36. The fourth-order valence-electron chi connectivity index (χ4n) is 0.679. The topological polar surface area (TPSA) is 26.3 Å². The summed E-state index contributed by atoms with van der Waals surface area (Å²) in [6.07, 6.45) is -3.63. The molecule has 13 heavy (non-hydrogen) atoms. The molecule has 78 valence electrons. The van der Waals surface area contributed by atoms with Gasteiger partial charge in [-0.15, -0.1) is 0 Å². The van der Waals surface area contributed by atoms with Gasteiger partial charge in [-0.2, -0.15) is 8.78 Å². The first-order valence-corrected chi connectivity index (χ1v) is 4.33. The molecule has 0 unspecified atom stereocenters. The third kappa shape index (κ3) is 4.31. The van der Waals surface area contributed by atoms with Crippen molar-refractivity contribution in [3.8, 4) is 0 Å². The highest BCUT2D eigenvalue weighted by Gasteiger charge is 2.41. The molecule has 0 amide bonds. The summed E-state index contributed by atoms with van der Waals surface area (Å²) in [5, 5.41) is 0. The van der Waals surface area contributed by atoms with Crippen molar-refractivity contribution in [1.29, 1.82) is 0 Å². The van der Waals surface area contributed by atoms with Crippen LogP contribution in [-0.4, -0.2) is 18.5 Å². The number of hydrogen-bond donors (Lipinski definition) is 0. The molecule has 4 heteroatoms. The van der Waals surface area contributed by atoms with Crippen LogP contribution < -0.4 is 0 Å². The largest absolute Gasteiger partial charge is 0.416 e. The molecular formula is C9H16F2O2. The van der Waals surface area contributed by atoms with E-state index in [-0.39, 0.29) is 12.5 Å². The van der Waals surface area contributed by atoms with Gasteiger partial charge in [-0.3, -0.25) is 4.79 Å². The molecule has 0 radical (unpaired) electrons. The molecule has 0 aliphatic rings. The lowest BCUT2D eigenvalue weighted by atomic mass is 10.1. The van der Waals surface area contributed by atoms with Crippen molar-refractivity contribution in [1.82, 2.24) is 0 Å². The predicted octanol–water partition coefficient (Wildman–Crippen LogP) is 2.48. The van der Waals surface area contributed by atoms with Gasteiger partial charge in [0.05, 0.1) is 6.61 Å². The number of hydrogen-bond acceptors (Lipinski definition) is 2. The SMILES string of the molecule is CC(C)COC(F)(F)C(=O)C(C)C. The molecule has 0 aromatic rings. The Morgan fingerprint density at radius 1 is 1.31 bits per heavy atom. The van der Waals surface area contributed by atoms with Gasteiger partial charge >= 0.3 is 6.11 Å². The predicted molar refractivity (Wildman–Crippen MR) is 45.6 cm³/mol. The Labute approximate surface area is 77.3 Å². The minimum Gasteiger partial charge on any atom is -0.314 e. The number of rotatable bonds is 5. The summed E-state index contributed by atoms with van der Waals surface area (Å²) in [5.74, 6) is -1.87. The lowest BCUT2D eigenvalue weighted by Gasteiger charge is -2.18. The molecule has 0 saturated heterocycles. The van der Waals surface area contributed by atoms with Crippen LogP contribution in [0.4, 0.5) is 8.78 Å². The summed E-state index contributed by atoms with van der Waals surface area (Å²) in [7, 11) is 0. The van der Waals surface area contributed by atoms with Crippen LogP contribution >= 0.6 is 0 Å². The summed E-state index contributed by atoms with van der Waals surface area (Å²) >= 11 is 0. The van der Waals surface area contributed by atoms with Gasteiger partial charge in [0, 0.05) is 5.92 Å². The van der Waals surface area contributed by atoms with Crippen LogP contribution in [0.5, 0.6) is 0 Å². The first-order chi connectivity index (χ1) is 5.77. The van der Waals surface area contributed by atoms with Crippen LogP contribution in [0.2, 0.25) is 0 Å². The Kier molecular flexibility index (Phi) is 4.47. The van der Waals surface area contributed by atoms with Gasteiger partial charge in [0.1, 0.15) is 0 Å². The summed E-state index contributed by atoms with van der Waals surface area (Å²) in [5.41, 5.74) is 0. The zero-order valence-corrected chi connectivity index (χ0v) is 8.43. The Bertz CT molecular complexity index is 176. The van der Waals surface area contributed by atoms with Gasteiger partial charge in [-0.25, -0.2) is 0 Å². The minimum absolute atomic E-state index is 0.00848. The summed E-state index contributed by atoms with van der Waals surface area (Å²) in [4.78, 5) is 10.9. The minimum atomic E-state index is -3.63. The maximum Gasteiger partial charge on any atom is 0.416 e.